The Labute approximate surface area is 226 Å². The quantitative estimate of drug-likeness (QED) is 0.174. The molecule has 0 saturated heterocycles. The van der Waals surface area contributed by atoms with E-state index >= 15 is 0 Å². The molecule has 0 unspecified atom stereocenters. The van der Waals surface area contributed by atoms with Crippen molar-refractivity contribution in [2.45, 2.75) is 0 Å². The van der Waals surface area contributed by atoms with Gasteiger partial charge in [0.15, 0.2) is 11.4 Å². The Hall–Kier alpha value is -5.29. The number of hydrogen-bond donors (Lipinski definition) is 4. The second kappa shape index (κ2) is 10.6. The fourth-order valence-corrected chi connectivity index (χ4v) is 4.02. The number of pyridine rings is 2. The fraction of sp³-hybridized carbons (Fsp3) is 0.0370. The highest BCUT2D eigenvalue weighted by atomic mass is 35.5. The average Bonchev–Trinajstić information content (AvgIpc) is 2.95. The van der Waals surface area contributed by atoms with Gasteiger partial charge in [0, 0.05) is 29.0 Å². The number of rotatable bonds is 6. The Kier molecular flexibility index (Phi) is 6.89. The SMILES string of the molecule is COc1ccc(OC(=O)Nc2cc3nc(-c4cc(Cl)c(N)c(C=N)c4)c(-c4ccccc4)nc3[nH]c2=O)cn1. The predicted octanol–water partition coefficient (Wildman–Crippen LogP) is 4.90. The van der Waals surface area contributed by atoms with Crippen molar-refractivity contribution in [2.24, 2.45) is 0 Å². The standard InChI is InChI=1S/C27H20ClN7O4/c1-38-21-8-7-17(13-31-21)39-27(37)33-20-11-19-25(35-26(20)36)34-23(14-5-3-2-4-6-14)24(32-19)15-9-16(12-29)22(30)18(28)10-15/h2-13,29H,30H2,1H3,(H,33,37)(H,34,35,36). The van der Waals surface area contributed by atoms with Crippen molar-refractivity contribution >= 4 is 46.4 Å². The maximum absolute atomic E-state index is 12.8. The second-order valence-corrected chi connectivity index (χ2v) is 8.60. The second-order valence-electron chi connectivity index (χ2n) is 8.19. The van der Waals surface area contributed by atoms with E-state index in [0.29, 0.717) is 28.4 Å². The molecule has 0 bridgehead atoms. The number of aromatic nitrogens is 4. The molecule has 0 saturated carbocycles. The highest BCUT2D eigenvalue weighted by Crippen LogP contribution is 2.35. The third kappa shape index (κ3) is 5.24. The zero-order chi connectivity index (χ0) is 27.5. The highest BCUT2D eigenvalue weighted by molar-refractivity contribution is 6.34. The van der Waals surface area contributed by atoms with Gasteiger partial charge in [-0.05, 0) is 24.3 Å². The number of ether oxygens (including phenoxy) is 2. The topological polar surface area (TPSA) is 169 Å². The van der Waals surface area contributed by atoms with E-state index in [-0.39, 0.29) is 33.3 Å². The molecule has 5 rings (SSSR count). The lowest BCUT2D eigenvalue weighted by Gasteiger charge is -2.13. The maximum atomic E-state index is 12.8. The van der Waals surface area contributed by atoms with Crippen LogP contribution in [0.15, 0.2) is 71.7 Å². The van der Waals surface area contributed by atoms with E-state index in [1.165, 1.54) is 31.5 Å². The Balaban J connectivity index is 1.58. The minimum atomic E-state index is -0.901. The van der Waals surface area contributed by atoms with Gasteiger partial charge in [0.05, 0.1) is 35.4 Å². The van der Waals surface area contributed by atoms with E-state index in [0.717, 1.165) is 11.8 Å². The van der Waals surface area contributed by atoms with Gasteiger partial charge < -0.3 is 25.6 Å². The molecule has 2 aromatic carbocycles. The summed E-state index contributed by atoms with van der Waals surface area (Å²) in [5.41, 5.74) is 8.70. The summed E-state index contributed by atoms with van der Waals surface area (Å²) in [6.07, 6.45) is 1.51. The van der Waals surface area contributed by atoms with Crippen molar-refractivity contribution in [2.75, 3.05) is 18.2 Å². The maximum Gasteiger partial charge on any atom is 0.417 e. The Morgan fingerprint density at radius 1 is 1.08 bits per heavy atom. The van der Waals surface area contributed by atoms with Crippen molar-refractivity contribution in [3.63, 3.8) is 0 Å². The zero-order valence-corrected chi connectivity index (χ0v) is 21.1. The number of nitrogens with zero attached hydrogens (tertiary/aromatic N) is 3. The van der Waals surface area contributed by atoms with Gasteiger partial charge in [0.1, 0.15) is 11.2 Å². The van der Waals surface area contributed by atoms with Crippen LogP contribution in [-0.4, -0.2) is 39.4 Å². The number of carbonyl (C=O) groups is 1. The van der Waals surface area contributed by atoms with Crippen LogP contribution < -0.4 is 26.1 Å². The van der Waals surface area contributed by atoms with Crippen molar-refractivity contribution in [3.8, 4) is 34.1 Å². The number of nitrogen functional groups attached to an aromatic ring is 1. The van der Waals surface area contributed by atoms with Crippen LogP contribution in [0.25, 0.3) is 33.7 Å². The third-order valence-corrected chi connectivity index (χ3v) is 6.00. The molecule has 0 radical (unpaired) electrons. The molecule has 5 aromatic rings. The first-order valence-electron chi connectivity index (χ1n) is 11.5. The molecule has 39 heavy (non-hydrogen) atoms. The van der Waals surface area contributed by atoms with Gasteiger partial charge in [-0.1, -0.05) is 41.9 Å². The number of carbonyl (C=O) groups excluding carboxylic acids is 1. The van der Waals surface area contributed by atoms with Crippen molar-refractivity contribution in [1.82, 2.24) is 19.9 Å². The number of amides is 1. The van der Waals surface area contributed by atoms with Gasteiger partial charge >= 0.3 is 6.09 Å². The van der Waals surface area contributed by atoms with E-state index in [9.17, 15) is 9.59 Å². The van der Waals surface area contributed by atoms with Gasteiger partial charge in [0.25, 0.3) is 5.56 Å². The number of anilines is 2. The monoisotopic (exact) mass is 541 g/mol. The van der Waals surface area contributed by atoms with Crippen molar-refractivity contribution in [1.29, 1.82) is 5.41 Å². The molecular formula is C27H20ClN7O4. The van der Waals surface area contributed by atoms with Crippen LogP contribution in [-0.2, 0) is 0 Å². The number of halogens is 1. The fourth-order valence-electron chi connectivity index (χ4n) is 3.80. The van der Waals surface area contributed by atoms with E-state index in [2.05, 4.69) is 20.3 Å². The molecule has 0 aliphatic rings. The molecule has 11 nitrogen and oxygen atoms in total. The number of aromatic amines is 1. The van der Waals surface area contributed by atoms with Crippen LogP contribution in [0.5, 0.6) is 11.6 Å². The molecular weight excluding hydrogens is 522 g/mol. The molecule has 1 amide bonds. The number of nitrogens with one attached hydrogen (secondary N) is 3. The summed E-state index contributed by atoms with van der Waals surface area (Å²) in [5.74, 6) is 0.510. The summed E-state index contributed by atoms with van der Waals surface area (Å²) in [7, 11) is 1.47. The lowest BCUT2D eigenvalue weighted by atomic mass is 10.0. The lowest BCUT2D eigenvalue weighted by Crippen LogP contribution is -2.23. The van der Waals surface area contributed by atoms with Crippen LogP contribution in [0.2, 0.25) is 5.02 Å². The first-order valence-corrected chi connectivity index (χ1v) is 11.8. The van der Waals surface area contributed by atoms with Crippen molar-refractivity contribution < 1.29 is 14.3 Å². The van der Waals surface area contributed by atoms with Gasteiger partial charge in [-0.25, -0.2) is 19.7 Å². The summed E-state index contributed by atoms with van der Waals surface area (Å²) < 4.78 is 10.2. The van der Waals surface area contributed by atoms with E-state index in [1.54, 1.807) is 12.1 Å². The van der Waals surface area contributed by atoms with Gasteiger partial charge in [-0.2, -0.15) is 0 Å². The molecule has 3 heterocycles. The minimum Gasteiger partial charge on any atom is -0.481 e. The molecule has 5 N–H and O–H groups in total. The lowest BCUT2D eigenvalue weighted by molar-refractivity contribution is 0.215. The molecule has 0 spiro atoms. The summed E-state index contributed by atoms with van der Waals surface area (Å²) in [4.78, 5) is 41.3. The zero-order valence-electron chi connectivity index (χ0n) is 20.4. The third-order valence-electron chi connectivity index (χ3n) is 5.68. The number of benzene rings is 2. The van der Waals surface area contributed by atoms with Gasteiger partial charge in [0.2, 0.25) is 5.88 Å². The van der Waals surface area contributed by atoms with Crippen LogP contribution in [0, 0.1) is 5.41 Å². The molecule has 3 aromatic heterocycles. The van der Waals surface area contributed by atoms with E-state index < -0.39 is 11.7 Å². The molecule has 12 heteroatoms. The molecule has 194 valence electrons. The Morgan fingerprint density at radius 2 is 1.85 bits per heavy atom. The average molecular weight is 542 g/mol. The first kappa shape index (κ1) is 25.4. The van der Waals surface area contributed by atoms with E-state index in [1.807, 2.05) is 30.3 Å². The predicted molar refractivity (Wildman–Crippen MR) is 149 cm³/mol. The summed E-state index contributed by atoms with van der Waals surface area (Å²) >= 11 is 6.35. The van der Waals surface area contributed by atoms with Crippen LogP contribution in [0.3, 0.4) is 0 Å². The summed E-state index contributed by atoms with van der Waals surface area (Å²) in [6.45, 7) is 0. The Bertz CT molecular complexity index is 1770. The first-order chi connectivity index (χ1) is 18.9. The number of H-pyrrole nitrogens is 1. The smallest absolute Gasteiger partial charge is 0.417 e. The van der Waals surface area contributed by atoms with Crippen LogP contribution in [0.4, 0.5) is 16.2 Å². The highest BCUT2D eigenvalue weighted by Gasteiger charge is 2.18. The van der Waals surface area contributed by atoms with Gasteiger partial charge in [-0.15, -0.1) is 0 Å². The van der Waals surface area contributed by atoms with Crippen LogP contribution >= 0.6 is 11.6 Å². The molecule has 0 aliphatic carbocycles. The molecule has 0 aliphatic heterocycles. The van der Waals surface area contributed by atoms with Crippen molar-refractivity contribution in [3.05, 3.63) is 87.8 Å². The number of nitrogens with two attached hydrogens (primary N) is 1. The number of methoxy groups -OCH3 is 1. The Morgan fingerprint density at radius 3 is 2.54 bits per heavy atom. The largest absolute Gasteiger partial charge is 0.481 e. The normalized spacial score (nSPS) is 10.7. The van der Waals surface area contributed by atoms with E-state index in [4.69, 9.17) is 37.2 Å². The number of fused-ring (bicyclic) bond motifs is 1. The van der Waals surface area contributed by atoms with Crippen LogP contribution in [0.1, 0.15) is 5.56 Å². The minimum absolute atomic E-state index is 0.0998. The summed E-state index contributed by atoms with van der Waals surface area (Å²) in [5, 5.41) is 10.4. The summed E-state index contributed by atoms with van der Waals surface area (Å²) in [6, 6.07) is 17.0. The molecule has 0 atom stereocenters. The molecule has 0 fully saturated rings. The number of hydrogen-bond acceptors (Lipinski definition) is 9. The van der Waals surface area contributed by atoms with Gasteiger partial charge in [-0.3, -0.25) is 10.1 Å².